The molecule has 2 aromatic rings. The Kier molecular flexibility index (Phi) is 3.17. The summed E-state index contributed by atoms with van der Waals surface area (Å²) in [4.78, 5) is 23.2. The molecule has 1 N–H and O–H groups in total. The normalized spacial score (nSPS) is 11.0. The second-order valence-corrected chi connectivity index (χ2v) is 6.09. The lowest BCUT2D eigenvalue weighted by Gasteiger charge is -2.05. The lowest BCUT2D eigenvalue weighted by atomic mass is 10.3. The van der Waals surface area contributed by atoms with Gasteiger partial charge in [0.2, 0.25) is 0 Å². The molecule has 6 heteroatoms. The van der Waals surface area contributed by atoms with Gasteiger partial charge in [-0.1, -0.05) is 0 Å². The monoisotopic (exact) mass is 270 g/mol. The van der Waals surface area contributed by atoms with Crippen LogP contribution in [0.2, 0.25) is 0 Å². The van der Waals surface area contributed by atoms with Gasteiger partial charge in [0.15, 0.2) is 0 Å². The van der Waals surface area contributed by atoms with Gasteiger partial charge in [-0.3, -0.25) is 0 Å². The van der Waals surface area contributed by atoms with Crippen LogP contribution in [-0.4, -0.2) is 23.1 Å². The molecule has 2 rings (SSSR count). The first-order valence-electron chi connectivity index (χ1n) is 4.95. The maximum absolute atomic E-state index is 11.6. The molecule has 0 spiro atoms. The van der Waals surface area contributed by atoms with Gasteiger partial charge in [0.25, 0.3) is 0 Å². The first-order valence-corrected chi connectivity index (χ1v) is 6.58. The van der Waals surface area contributed by atoms with Gasteiger partial charge in [-0.05, 0) is 26.0 Å². The summed E-state index contributed by atoms with van der Waals surface area (Å²) in [5.41, 5.74) is 0. The molecule has 17 heavy (non-hydrogen) atoms. The van der Waals surface area contributed by atoms with E-state index >= 15 is 0 Å². The molecule has 0 radical (unpaired) electrons. The van der Waals surface area contributed by atoms with E-state index in [-0.39, 0.29) is 17.0 Å². The van der Waals surface area contributed by atoms with E-state index in [0.717, 1.165) is 9.40 Å². The summed E-state index contributed by atoms with van der Waals surface area (Å²) in [6.45, 7) is 3.58. The first-order chi connectivity index (χ1) is 7.97. The zero-order valence-electron chi connectivity index (χ0n) is 9.22. The summed E-state index contributed by atoms with van der Waals surface area (Å²) < 4.78 is 5.90. The van der Waals surface area contributed by atoms with Crippen LogP contribution in [-0.2, 0) is 4.74 Å². The van der Waals surface area contributed by atoms with E-state index in [1.807, 2.05) is 0 Å². The quantitative estimate of drug-likeness (QED) is 0.870. The fraction of sp³-hybridized carbons (Fsp3) is 0.273. The van der Waals surface area contributed by atoms with Crippen LogP contribution in [0, 0.1) is 0 Å². The highest BCUT2D eigenvalue weighted by molar-refractivity contribution is 7.39. The Bertz CT molecular complexity index is 548. The number of carboxylic acids is 1. The Morgan fingerprint density at radius 2 is 1.82 bits per heavy atom. The zero-order valence-corrected chi connectivity index (χ0v) is 10.9. The highest BCUT2D eigenvalue weighted by atomic mass is 32.2. The molecule has 0 aromatic carbocycles. The third-order valence-corrected chi connectivity index (χ3v) is 4.33. The average molecular weight is 270 g/mol. The molecule has 0 atom stereocenters. The summed E-state index contributed by atoms with van der Waals surface area (Å²) in [5, 5.41) is 9.61. The molecule has 0 saturated carbocycles. The highest BCUT2D eigenvalue weighted by Gasteiger charge is 2.16. The van der Waals surface area contributed by atoms with Crippen molar-refractivity contribution in [2.45, 2.75) is 20.0 Å². The number of aromatic carboxylic acids is 1. The minimum Gasteiger partial charge on any atom is -0.477 e. The highest BCUT2D eigenvalue weighted by Crippen LogP contribution is 2.33. The standard InChI is InChI=1S/C11H10O4S2/c1-5(2)15-10(14)8-4-6-3-7(9(12)13)16-11(6)17-8/h3-5H,1-2H3,(H,12,13). The Labute approximate surface area is 105 Å². The van der Waals surface area contributed by atoms with E-state index in [0.29, 0.717) is 4.88 Å². The summed E-state index contributed by atoms with van der Waals surface area (Å²) in [5.74, 6) is -1.30. The number of hydrogen-bond acceptors (Lipinski definition) is 5. The van der Waals surface area contributed by atoms with Crippen molar-refractivity contribution in [3.63, 3.8) is 0 Å². The number of carbonyl (C=O) groups excluding carboxylic acids is 1. The molecule has 0 unspecified atom stereocenters. The molecule has 0 aliphatic heterocycles. The third-order valence-electron chi connectivity index (χ3n) is 1.97. The van der Waals surface area contributed by atoms with E-state index < -0.39 is 5.97 Å². The van der Waals surface area contributed by atoms with Crippen LogP contribution in [0.3, 0.4) is 0 Å². The lowest BCUT2D eigenvalue weighted by molar-refractivity contribution is 0.0383. The number of fused-ring (bicyclic) bond motifs is 1. The number of thiophene rings is 2. The van der Waals surface area contributed by atoms with Gasteiger partial charge in [-0.2, -0.15) is 0 Å². The Morgan fingerprint density at radius 3 is 2.35 bits per heavy atom. The van der Waals surface area contributed by atoms with Crippen LogP contribution >= 0.6 is 22.7 Å². The minimum absolute atomic E-state index is 0.155. The summed E-state index contributed by atoms with van der Waals surface area (Å²) in [6, 6.07) is 3.25. The van der Waals surface area contributed by atoms with Gasteiger partial charge in [0.1, 0.15) is 9.75 Å². The van der Waals surface area contributed by atoms with Crippen molar-refractivity contribution in [3.8, 4) is 0 Å². The van der Waals surface area contributed by atoms with Crippen molar-refractivity contribution in [1.82, 2.24) is 0 Å². The smallest absolute Gasteiger partial charge is 0.348 e. The van der Waals surface area contributed by atoms with Crippen LogP contribution in [0.25, 0.3) is 9.40 Å². The van der Waals surface area contributed by atoms with E-state index in [9.17, 15) is 9.59 Å². The van der Waals surface area contributed by atoms with E-state index in [1.54, 1.807) is 26.0 Å². The minimum atomic E-state index is -0.940. The van der Waals surface area contributed by atoms with Crippen LogP contribution in [0.15, 0.2) is 12.1 Å². The second-order valence-electron chi connectivity index (χ2n) is 3.72. The third kappa shape index (κ3) is 2.48. The molecule has 0 aliphatic rings. The van der Waals surface area contributed by atoms with Gasteiger partial charge >= 0.3 is 11.9 Å². The predicted molar refractivity (Wildman–Crippen MR) is 67.2 cm³/mol. The van der Waals surface area contributed by atoms with E-state index in [1.165, 1.54) is 22.7 Å². The fourth-order valence-electron chi connectivity index (χ4n) is 1.32. The second kappa shape index (κ2) is 4.46. The van der Waals surface area contributed by atoms with Gasteiger partial charge < -0.3 is 9.84 Å². The maximum atomic E-state index is 11.6. The predicted octanol–water partition coefficient (Wildman–Crippen LogP) is 3.23. The van der Waals surface area contributed by atoms with Gasteiger partial charge in [0.05, 0.1) is 10.1 Å². The molecule has 0 bridgehead atoms. The topological polar surface area (TPSA) is 63.6 Å². The lowest BCUT2D eigenvalue weighted by Crippen LogP contribution is -2.09. The molecular formula is C11H10O4S2. The van der Waals surface area contributed by atoms with Crippen LogP contribution < -0.4 is 0 Å². The Balaban J connectivity index is 2.30. The molecular weight excluding hydrogens is 260 g/mol. The number of ether oxygens (including phenoxy) is 1. The Hall–Kier alpha value is -1.40. The fourth-order valence-corrected chi connectivity index (χ4v) is 3.48. The summed E-state index contributed by atoms with van der Waals surface area (Å²) in [7, 11) is 0. The van der Waals surface area contributed by atoms with E-state index in [4.69, 9.17) is 9.84 Å². The number of hydrogen-bond donors (Lipinski definition) is 1. The number of carboxylic acid groups (broad SMARTS) is 1. The SMILES string of the molecule is CC(C)OC(=O)c1cc2cc(C(=O)O)sc2s1. The molecule has 2 heterocycles. The van der Waals surface area contributed by atoms with Crippen LogP contribution in [0.4, 0.5) is 0 Å². The molecule has 0 aliphatic carbocycles. The molecule has 0 fully saturated rings. The summed E-state index contributed by atoms with van der Waals surface area (Å²) in [6.07, 6.45) is -0.155. The number of esters is 1. The average Bonchev–Trinajstić information content (AvgIpc) is 2.71. The number of carbonyl (C=O) groups is 2. The van der Waals surface area contributed by atoms with Crippen molar-refractivity contribution >= 4 is 44.0 Å². The summed E-state index contributed by atoms with van der Waals surface area (Å²) >= 11 is 2.44. The van der Waals surface area contributed by atoms with Crippen molar-refractivity contribution < 1.29 is 19.4 Å². The molecule has 2 aromatic heterocycles. The van der Waals surface area contributed by atoms with Gasteiger partial charge in [0, 0.05) is 5.39 Å². The largest absolute Gasteiger partial charge is 0.477 e. The Morgan fingerprint density at radius 1 is 1.24 bits per heavy atom. The van der Waals surface area contributed by atoms with Crippen molar-refractivity contribution in [3.05, 3.63) is 21.9 Å². The van der Waals surface area contributed by atoms with Crippen LogP contribution in [0.5, 0.6) is 0 Å². The number of rotatable bonds is 3. The molecule has 0 amide bonds. The van der Waals surface area contributed by atoms with E-state index in [2.05, 4.69) is 0 Å². The maximum Gasteiger partial charge on any atom is 0.348 e. The van der Waals surface area contributed by atoms with Crippen molar-refractivity contribution in [2.75, 3.05) is 0 Å². The van der Waals surface area contributed by atoms with Crippen molar-refractivity contribution in [2.24, 2.45) is 0 Å². The van der Waals surface area contributed by atoms with Gasteiger partial charge in [-0.25, -0.2) is 9.59 Å². The molecule has 0 saturated heterocycles. The van der Waals surface area contributed by atoms with Crippen LogP contribution in [0.1, 0.15) is 33.2 Å². The first kappa shape index (κ1) is 12.1. The molecule has 90 valence electrons. The molecule has 4 nitrogen and oxygen atoms in total. The van der Waals surface area contributed by atoms with Crippen molar-refractivity contribution in [1.29, 1.82) is 0 Å². The zero-order chi connectivity index (χ0) is 12.6. The van der Waals surface area contributed by atoms with Gasteiger partial charge in [-0.15, -0.1) is 22.7 Å².